The normalized spacial score (nSPS) is 26.8. The quantitative estimate of drug-likeness (QED) is 0.663. The first-order valence-corrected chi connectivity index (χ1v) is 4.59. The molecular weight excluding hydrogens is 146 g/mol. The molecule has 0 fully saturated rings. The summed E-state index contributed by atoms with van der Waals surface area (Å²) < 4.78 is 0. The second-order valence-electron chi connectivity index (χ2n) is 4.41. The third kappa shape index (κ3) is 1.28. The monoisotopic (exact) mass is 165 g/mol. The predicted molar refractivity (Wildman–Crippen MR) is 53.8 cm³/mol. The molecule has 1 atom stereocenters. The van der Waals surface area contributed by atoms with E-state index < -0.39 is 0 Å². The molecule has 1 heteroatoms. The Labute approximate surface area is 75.6 Å². The van der Waals surface area contributed by atoms with Gasteiger partial charge in [0, 0.05) is 17.7 Å². The number of hydrogen-bond donors (Lipinski definition) is 1. The van der Waals surface area contributed by atoms with Crippen molar-refractivity contribution in [3.8, 4) is 0 Å². The molecule has 1 heterocycles. The van der Waals surface area contributed by atoms with Gasteiger partial charge in [-0.25, -0.2) is 0 Å². The number of allylic oxidation sites excluding steroid dienone is 1. The predicted octanol–water partition coefficient (Wildman–Crippen LogP) is 2.71. The highest BCUT2D eigenvalue weighted by Gasteiger charge is 2.37. The van der Waals surface area contributed by atoms with Crippen LogP contribution < -0.4 is 5.32 Å². The first-order valence-electron chi connectivity index (χ1n) is 4.59. The van der Waals surface area contributed by atoms with Crippen LogP contribution in [0.5, 0.6) is 0 Å². The Morgan fingerprint density at radius 3 is 2.42 bits per heavy atom. The van der Waals surface area contributed by atoms with E-state index in [0.29, 0.717) is 12.0 Å². The molecule has 1 rings (SSSR count). The van der Waals surface area contributed by atoms with E-state index in [1.807, 2.05) is 6.08 Å². The van der Waals surface area contributed by atoms with Crippen LogP contribution in [0, 0.1) is 11.3 Å². The van der Waals surface area contributed by atoms with Crippen molar-refractivity contribution in [3.05, 3.63) is 24.4 Å². The van der Waals surface area contributed by atoms with Crippen molar-refractivity contribution in [3.63, 3.8) is 0 Å². The molecule has 0 aromatic rings. The highest BCUT2D eigenvalue weighted by Crippen LogP contribution is 2.38. The Morgan fingerprint density at radius 2 is 2.17 bits per heavy atom. The molecule has 0 unspecified atom stereocenters. The molecule has 0 spiro atoms. The van der Waals surface area contributed by atoms with Gasteiger partial charge in [0.2, 0.25) is 0 Å². The summed E-state index contributed by atoms with van der Waals surface area (Å²) >= 11 is 0. The van der Waals surface area contributed by atoms with Crippen molar-refractivity contribution in [2.45, 2.75) is 33.7 Å². The summed E-state index contributed by atoms with van der Waals surface area (Å²) in [4.78, 5) is 0. The maximum absolute atomic E-state index is 3.82. The lowest BCUT2D eigenvalue weighted by Crippen LogP contribution is -2.38. The van der Waals surface area contributed by atoms with E-state index in [-0.39, 0.29) is 5.41 Å². The summed E-state index contributed by atoms with van der Waals surface area (Å²) in [6.07, 6.45) is 4.05. The van der Waals surface area contributed by atoms with Crippen LogP contribution in [-0.2, 0) is 0 Å². The second kappa shape index (κ2) is 2.96. The Morgan fingerprint density at radius 1 is 1.58 bits per heavy atom. The number of rotatable bonds is 2. The van der Waals surface area contributed by atoms with Crippen LogP contribution in [0.2, 0.25) is 0 Å². The van der Waals surface area contributed by atoms with Crippen molar-refractivity contribution in [2.24, 2.45) is 11.3 Å². The van der Waals surface area contributed by atoms with E-state index in [1.54, 1.807) is 0 Å². The summed E-state index contributed by atoms with van der Waals surface area (Å²) in [6.45, 7) is 12.9. The molecule has 12 heavy (non-hydrogen) atoms. The van der Waals surface area contributed by atoms with Gasteiger partial charge in [-0.05, 0) is 11.5 Å². The molecule has 68 valence electrons. The minimum absolute atomic E-state index is 0.232. The minimum atomic E-state index is 0.232. The molecule has 0 saturated carbocycles. The highest BCUT2D eigenvalue weighted by atomic mass is 15.0. The Kier molecular flexibility index (Phi) is 2.31. The van der Waals surface area contributed by atoms with Gasteiger partial charge >= 0.3 is 0 Å². The average molecular weight is 165 g/mol. The molecule has 0 radical (unpaired) electrons. The zero-order valence-electron chi connectivity index (χ0n) is 8.52. The van der Waals surface area contributed by atoms with E-state index in [2.05, 4.69) is 45.8 Å². The van der Waals surface area contributed by atoms with Gasteiger partial charge in [-0.15, -0.1) is 0 Å². The lowest BCUT2D eigenvalue weighted by atomic mass is 9.76. The van der Waals surface area contributed by atoms with Crippen LogP contribution in [-0.4, -0.2) is 6.04 Å². The smallest absolute Gasteiger partial charge is 0.0370 e. The molecule has 1 aliphatic heterocycles. The summed E-state index contributed by atoms with van der Waals surface area (Å²) in [7, 11) is 0. The lowest BCUT2D eigenvalue weighted by Gasteiger charge is -2.32. The maximum Gasteiger partial charge on any atom is 0.0370 e. The maximum atomic E-state index is 3.82. The van der Waals surface area contributed by atoms with E-state index >= 15 is 0 Å². The van der Waals surface area contributed by atoms with Crippen molar-refractivity contribution in [2.75, 3.05) is 0 Å². The molecular formula is C11H19N. The molecule has 1 N–H and O–H groups in total. The minimum Gasteiger partial charge on any atom is -0.387 e. The van der Waals surface area contributed by atoms with Gasteiger partial charge in [0.05, 0.1) is 0 Å². The molecule has 0 aromatic heterocycles. The van der Waals surface area contributed by atoms with Crippen LogP contribution in [0.25, 0.3) is 0 Å². The van der Waals surface area contributed by atoms with E-state index in [1.165, 1.54) is 5.57 Å². The van der Waals surface area contributed by atoms with Gasteiger partial charge in [0.1, 0.15) is 0 Å². The Bertz CT molecular complexity index is 211. The molecule has 0 saturated heterocycles. The van der Waals surface area contributed by atoms with Gasteiger partial charge in [-0.2, -0.15) is 0 Å². The van der Waals surface area contributed by atoms with Gasteiger partial charge < -0.3 is 5.32 Å². The third-order valence-corrected chi connectivity index (χ3v) is 2.83. The van der Waals surface area contributed by atoms with Crippen LogP contribution in [0.3, 0.4) is 0 Å². The Balaban J connectivity index is 2.85. The molecule has 0 amide bonds. The SMILES string of the molecule is C=CC1=CN[C@@H](C(C)C)C1(C)C. The third-order valence-electron chi connectivity index (χ3n) is 2.83. The second-order valence-corrected chi connectivity index (χ2v) is 4.41. The molecule has 1 nitrogen and oxygen atoms in total. The van der Waals surface area contributed by atoms with Crippen molar-refractivity contribution in [1.29, 1.82) is 0 Å². The van der Waals surface area contributed by atoms with Gasteiger partial charge in [-0.3, -0.25) is 0 Å². The zero-order chi connectivity index (χ0) is 9.35. The summed E-state index contributed by atoms with van der Waals surface area (Å²) in [5.41, 5.74) is 1.55. The van der Waals surface area contributed by atoms with Crippen LogP contribution in [0.4, 0.5) is 0 Å². The first kappa shape index (κ1) is 9.37. The van der Waals surface area contributed by atoms with Gasteiger partial charge in [0.15, 0.2) is 0 Å². The Hall–Kier alpha value is -0.720. The standard InChI is InChI=1S/C11H19N/c1-6-9-7-12-10(8(2)3)11(9,4)5/h6-8,10,12H,1H2,2-5H3/t10-/m0/s1. The largest absolute Gasteiger partial charge is 0.387 e. The first-order chi connectivity index (χ1) is 5.50. The van der Waals surface area contributed by atoms with E-state index in [9.17, 15) is 0 Å². The number of hydrogen-bond acceptors (Lipinski definition) is 1. The van der Waals surface area contributed by atoms with Crippen LogP contribution in [0.1, 0.15) is 27.7 Å². The van der Waals surface area contributed by atoms with Gasteiger partial charge in [-0.1, -0.05) is 40.3 Å². The lowest BCUT2D eigenvalue weighted by molar-refractivity contribution is 0.281. The average Bonchev–Trinajstić information content (AvgIpc) is 2.24. The van der Waals surface area contributed by atoms with E-state index in [0.717, 1.165) is 0 Å². The summed E-state index contributed by atoms with van der Waals surface area (Å²) in [5, 5.41) is 3.41. The number of nitrogens with one attached hydrogen (secondary N) is 1. The molecule has 0 bridgehead atoms. The molecule has 0 aromatic carbocycles. The fourth-order valence-electron chi connectivity index (χ4n) is 2.10. The van der Waals surface area contributed by atoms with Crippen molar-refractivity contribution in [1.82, 2.24) is 5.32 Å². The fourth-order valence-corrected chi connectivity index (χ4v) is 2.10. The fraction of sp³-hybridized carbons (Fsp3) is 0.636. The van der Waals surface area contributed by atoms with Crippen LogP contribution in [0.15, 0.2) is 24.4 Å². The summed E-state index contributed by atoms with van der Waals surface area (Å²) in [6, 6.07) is 0.547. The molecule has 1 aliphatic rings. The van der Waals surface area contributed by atoms with Crippen molar-refractivity contribution < 1.29 is 0 Å². The van der Waals surface area contributed by atoms with Crippen LogP contribution >= 0.6 is 0 Å². The topological polar surface area (TPSA) is 12.0 Å². The van der Waals surface area contributed by atoms with Gasteiger partial charge in [0.25, 0.3) is 0 Å². The van der Waals surface area contributed by atoms with E-state index in [4.69, 9.17) is 0 Å². The summed E-state index contributed by atoms with van der Waals surface area (Å²) in [5.74, 6) is 0.661. The zero-order valence-corrected chi connectivity index (χ0v) is 8.52. The van der Waals surface area contributed by atoms with Crippen molar-refractivity contribution >= 4 is 0 Å². The highest BCUT2D eigenvalue weighted by molar-refractivity contribution is 5.30. The molecule has 0 aliphatic carbocycles.